The van der Waals surface area contributed by atoms with Gasteiger partial charge in [-0.2, -0.15) is 21.6 Å². The van der Waals surface area contributed by atoms with Crippen molar-refractivity contribution in [1.29, 1.82) is 0 Å². The summed E-state index contributed by atoms with van der Waals surface area (Å²) in [6.45, 7) is 0.980. The van der Waals surface area contributed by atoms with Crippen molar-refractivity contribution in [3.63, 3.8) is 0 Å². The van der Waals surface area contributed by atoms with Gasteiger partial charge in [0.25, 0.3) is 0 Å². The van der Waals surface area contributed by atoms with E-state index in [4.69, 9.17) is 0 Å². The first kappa shape index (κ1) is 13.2. The number of alkyl halides is 3. The second-order valence-electron chi connectivity index (χ2n) is 3.44. The SMILES string of the molecule is O=C(NS(=O)(=O)C(F)(F)F)C1CCNCC1. The van der Waals surface area contributed by atoms with Crippen molar-refractivity contribution in [2.24, 2.45) is 5.92 Å². The van der Waals surface area contributed by atoms with Crippen LogP contribution in [0.25, 0.3) is 0 Å². The number of hydrogen-bond acceptors (Lipinski definition) is 4. The molecule has 0 aromatic heterocycles. The summed E-state index contributed by atoms with van der Waals surface area (Å²) < 4.78 is 58.1. The van der Waals surface area contributed by atoms with Crippen molar-refractivity contribution in [2.75, 3.05) is 13.1 Å². The summed E-state index contributed by atoms with van der Waals surface area (Å²) in [5.74, 6) is -1.77. The average molecular weight is 260 g/mol. The molecule has 0 spiro atoms. The zero-order valence-corrected chi connectivity index (χ0v) is 8.99. The number of carbonyl (C=O) groups excluding carboxylic acids is 1. The van der Waals surface area contributed by atoms with E-state index in [1.165, 1.54) is 0 Å². The van der Waals surface area contributed by atoms with Gasteiger partial charge in [-0.05, 0) is 25.9 Å². The lowest BCUT2D eigenvalue weighted by Gasteiger charge is -2.21. The van der Waals surface area contributed by atoms with Gasteiger partial charge < -0.3 is 5.32 Å². The topological polar surface area (TPSA) is 75.3 Å². The minimum Gasteiger partial charge on any atom is -0.317 e. The number of sulfonamides is 1. The molecule has 0 saturated carbocycles. The number of hydrogen-bond donors (Lipinski definition) is 2. The molecule has 1 rings (SSSR count). The third-order valence-corrected chi connectivity index (χ3v) is 3.33. The lowest BCUT2D eigenvalue weighted by Crippen LogP contribution is -2.45. The van der Waals surface area contributed by atoms with Crippen LogP contribution in [0.2, 0.25) is 0 Å². The van der Waals surface area contributed by atoms with Gasteiger partial charge in [-0.25, -0.2) is 4.72 Å². The molecule has 1 aliphatic heterocycles. The molecule has 2 N–H and O–H groups in total. The zero-order chi connectivity index (χ0) is 12.4. The summed E-state index contributed by atoms with van der Waals surface area (Å²) >= 11 is 0. The van der Waals surface area contributed by atoms with Gasteiger partial charge in [-0.3, -0.25) is 4.79 Å². The number of rotatable bonds is 2. The monoisotopic (exact) mass is 260 g/mol. The molecule has 16 heavy (non-hydrogen) atoms. The summed E-state index contributed by atoms with van der Waals surface area (Å²) in [6, 6.07) is 0. The molecule has 0 bridgehead atoms. The lowest BCUT2D eigenvalue weighted by molar-refractivity contribution is -0.124. The van der Waals surface area contributed by atoms with Crippen molar-refractivity contribution >= 4 is 15.9 Å². The number of nitrogens with one attached hydrogen (secondary N) is 2. The fourth-order valence-electron chi connectivity index (χ4n) is 1.36. The number of halogens is 3. The molecule has 0 aliphatic carbocycles. The van der Waals surface area contributed by atoms with E-state index in [-0.39, 0.29) is 0 Å². The van der Waals surface area contributed by atoms with Gasteiger partial charge in [0, 0.05) is 5.92 Å². The molecule has 1 aliphatic rings. The Morgan fingerprint density at radius 3 is 2.19 bits per heavy atom. The van der Waals surface area contributed by atoms with Gasteiger partial charge in [-0.1, -0.05) is 0 Å². The molecule has 0 radical (unpaired) electrons. The van der Waals surface area contributed by atoms with E-state index in [1.54, 1.807) is 0 Å². The summed E-state index contributed by atoms with van der Waals surface area (Å²) in [5.41, 5.74) is -5.45. The van der Waals surface area contributed by atoms with Gasteiger partial charge in [-0.15, -0.1) is 0 Å². The van der Waals surface area contributed by atoms with Crippen molar-refractivity contribution in [3.8, 4) is 0 Å². The highest BCUT2D eigenvalue weighted by Gasteiger charge is 2.47. The largest absolute Gasteiger partial charge is 0.516 e. The summed E-state index contributed by atoms with van der Waals surface area (Å²) in [7, 11) is -5.57. The van der Waals surface area contributed by atoms with E-state index < -0.39 is 27.4 Å². The third-order valence-electron chi connectivity index (χ3n) is 2.25. The number of piperidine rings is 1. The van der Waals surface area contributed by atoms with E-state index in [1.807, 2.05) is 0 Å². The molecule has 94 valence electrons. The predicted octanol–water partition coefficient (Wildman–Crippen LogP) is -0.0482. The van der Waals surface area contributed by atoms with Gasteiger partial charge in [0.2, 0.25) is 5.91 Å². The third kappa shape index (κ3) is 3.08. The highest BCUT2D eigenvalue weighted by molar-refractivity contribution is 7.90. The minimum absolute atomic E-state index is 0.333. The second-order valence-corrected chi connectivity index (χ2v) is 5.11. The van der Waals surface area contributed by atoms with E-state index in [2.05, 4.69) is 5.32 Å². The van der Waals surface area contributed by atoms with Crippen LogP contribution in [0.5, 0.6) is 0 Å². The van der Waals surface area contributed by atoms with E-state index in [9.17, 15) is 26.4 Å². The first-order valence-corrected chi connectivity index (χ1v) is 6.06. The van der Waals surface area contributed by atoms with Crippen LogP contribution in [0.1, 0.15) is 12.8 Å². The van der Waals surface area contributed by atoms with Gasteiger partial charge >= 0.3 is 15.5 Å². The zero-order valence-electron chi connectivity index (χ0n) is 8.17. The lowest BCUT2D eigenvalue weighted by atomic mass is 9.98. The Morgan fingerprint density at radius 2 is 1.75 bits per heavy atom. The van der Waals surface area contributed by atoms with Gasteiger partial charge in [0.15, 0.2) is 0 Å². The Bertz CT molecular complexity index is 360. The Balaban J connectivity index is 2.64. The van der Waals surface area contributed by atoms with Crippen molar-refractivity contribution < 1.29 is 26.4 Å². The second kappa shape index (κ2) is 4.58. The Kier molecular flexibility index (Phi) is 3.79. The fraction of sp³-hybridized carbons (Fsp3) is 0.857. The molecule has 9 heteroatoms. The Labute approximate surface area is 90.4 Å². The molecular formula is C7H11F3N2O3S. The van der Waals surface area contributed by atoms with Crippen LogP contribution < -0.4 is 10.0 Å². The quantitative estimate of drug-likeness (QED) is 0.730. The molecular weight excluding hydrogens is 249 g/mol. The van der Waals surface area contributed by atoms with Crippen LogP contribution in [0.15, 0.2) is 0 Å². The summed E-state index contributed by atoms with van der Waals surface area (Å²) in [5, 5.41) is 2.91. The van der Waals surface area contributed by atoms with Gasteiger partial charge in [0.05, 0.1) is 0 Å². The molecule has 0 aromatic carbocycles. The van der Waals surface area contributed by atoms with Crippen LogP contribution in [0.4, 0.5) is 13.2 Å². The molecule has 0 unspecified atom stereocenters. The molecule has 1 heterocycles. The smallest absolute Gasteiger partial charge is 0.317 e. The molecule has 0 atom stereocenters. The molecule has 1 fully saturated rings. The maximum absolute atomic E-state index is 11.9. The van der Waals surface area contributed by atoms with Crippen LogP contribution >= 0.6 is 0 Å². The maximum atomic E-state index is 11.9. The van der Waals surface area contributed by atoms with E-state index in [0.717, 1.165) is 4.72 Å². The van der Waals surface area contributed by atoms with Crippen molar-refractivity contribution in [3.05, 3.63) is 0 Å². The highest BCUT2D eigenvalue weighted by Crippen LogP contribution is 2.22. The fourth-order valence-corrected chi connectivity index (χ4v) is 1.90. The first-order valence-electron chi connectivity index (χ1n) is 4.57. The summed E-state index contributed by atoms with van der Waals surface area (Å²) in [6.07, 6.45) is 0.665. The summed E-state index contributed by atoms with van der Waals surface area (Å²) in [4.78, 5) is 11.2. The van der Waals surface area contributed by atoms with Gasteiger partial charge in [0.1, 0.15) is 0 Å². The Morgan fingerprint density at radius 1 is 1.25 bits per heavy atom. The van der Waals surface area contributed by atoms with E-state index >= 15 is 0 Å². The normalized spacial score (nSPS) is 19.4. The maximum Gasteiger partial charge on any atom is 0.516 e. The predicted molar refractivity (Wildman–Crippen MR) is 48.7 cm³/mol. The molecule has 1 amide bonds. The van der Waals surface area contributed by atoms with Crippen molar-refractivity contribution in [2.45, 2.75) is 18.3 Å². The Hall–Kier alpha value is -0.830. The van der Waals surface area contributed by atoms with Crippen molar-refractivity contribution in [1.82, 2.24) is 10.0 Å². The van der Waals surface area contributed by atoms with E-state index in [0.29, 0.717) is 25.9 Å². The van der Waals surface area contributed by atoms with Crippen LogP contribution in [0, 0.1) is 5.92 Å². The van der Waals surface area contributed by atoms with Crippen LogP contribution in [0.3, 0.4) is 0 Å². The highest BCUT2D eigenvalue weighted by atomic mass is 32.2. The van der Waals surface area contributed by atoms with Crippen LogP contribution in [-0.4, -0.2) is 32.9 Å². The number of carbonyl (C=O) groups is 1. The average Bonchev–Trinajstić information content (AvgIpc) is 2.16. The standard InChI is InChI=1S/C7H11F3N2O3S/c8-7(9,10)16(14,15)12-6(13)5-1-3-11-4-2-5/h5,11H,1-4H2,(H,12,13). The minimum atomic E-state index is -5.57. The molecule has 0 aromatic rings. The molecule has 1 saturated heterocycles. The van der Waals surface area contributed by atoms with Crippen LogP contribution in [-0.2, 0) is 14.8 Å². The number of amides is 1. The molecule has 5 nitrogen and oxygen atoms in total. The first-order chi connectivity index (χ1) is 7.24.